The molecule has 0 aliphatic carbocycles. The molecule has 0 N–H and O–H groups in total. The van der Waals surface area contributed by atoms with Crippen LogP contribution in [0.15, 0.2) is 28.6 Å². The molecule has 1 aromatic rings. The summed E-state index contributed by atoms with van der Waals surface area (Å²) in [5.74, 6) is 0.876. The molecular formula is C9H13NOS. The van der Waals surface area contributed by atoms with Crippen LogP contribution in [0.5, 0.6) is 5.75 Å². The Kier molecular flexibility index (Phi) is 3.29. The largest absolute Gasteiger partial charge is 0.497 e. The van der Waals surface area contributed by atoms with E-state index in [1.165, 1.54) is 0 Å². The van der Waals surface area contributed by atoms with Gasteiger partial charge in [0.1, 0.15) is 5.75 Å². The Bertz CT molecular complexity index is 275. The third-order valence-corrected chi connectivity index (χ3v) is 1.94. The molecule has 0 saturated carbocycles. The van der Waals surface area contributed by atoms with Gasteiger partial charge in [-0.3, -0.25) is 0 Å². The molecule has 0 bridgehead atoms. The fourth-order valence-electron chi connectivity index (χ4n) is 0.854. The first-order chi connectivity index (χ1) is 5.72. The highest BCUT2D eigenvalue weighted by Crippen LogP contribution is 2.17. The zero-order chi connectivity index (χ0) is 8.97. The van der Waals surface area contributed by atoms with E-state index in [0.717, 1.165) is 11.4 Å². The fraction of sp³-hybridized carbons (Fsp3) is 0.333. The summed E-state index contributed by atoms with van der Waals surface area (Å²) in [4.78, 5) is 0. The highest BCUT2D eigenvalue weighted by molar-refractivity contribution is 7.85. The van der Waals surface area contributed by atoms with Gasteiger partial charge in [-0.05, 0) is 36.8 Å². The number of methoxy groups -OCH3 is 1. The molecule has 1 aromatic carbocycles. The van der Waals surface area contributed by atoms with Gasteiger partial charge in [-0.2, -0.15) is 0 Å². The van der Waals surface area contributed by atoms with Crippen LogP contribution in [0.1, 0.15) is 0 Å². The van der Waals surface area contributed by atoms with Gasteiger partial charge < -0.3 is 4.74 Å². The Labute approximate surface area is 75.7 Å². The van der Waals surface area contributed by atoms with Crippen molar-refractivity contribution < 1.29 is 4.74 Å². The van der Waals surface area contributed by atoms with Crippen LogP contribution in [0.25, 0.3) is 0 Å². The Morgan fingerprint density at radius 2 is 1.75 bits per heavy atom. The Balaban J connectivity index is 2.85. The van der Waals surface area contributed by atoms with Crippen LogP contribution in [0, 0.1) is 0 Å². The summed E-state index contributed by atoms with van der Waals surface area (Å²) in [6.07, 6.45) is 4.18. The average Bonchev–Trinajstić information content (AvgIpc) is 2.05. The summed E-state index contributed by atoms with van der Waals surface area (Å²) in [6.45, 7) is 0. The van der Waals surface area contributed by atoms with Crippen molar-refractivity contribution in [3.8, 4) is 5.75 Å². The van der Waals surface area contributed by atoms with E-state index in [1.807, 2.05) is 24.3 Å². The lowest BCUT2D eigenvalue weighted by Crippen LogP contribution is -1.81. The first kappa shape index (κ1) is 9.26. The van der Waals surface area contributed by atoms with Crippen molar-refractivity contribution >= 4 is 16.4 Å². The van der Waals surface area contributed by atoms with Gasteiger partial charge in [0.25, 0.3) is 0 Å². The molecule has 2 nitrogen and oxygen atoms in total. The molecule has 1 rings (SSSR count). The molecule has 66 valence electrons. The lowest BCUT2D eigenvalue weighted by Gasteiger charge is -1.99. The molecule has 12 heavy (non-hydrogen) atoms. The monoisotopic (exact) mass is 183 g/mol. The van der Waals surface area contributed by atoms with Crippen LogP contribution in [0.4, 0.5) is 5.69 Å². The standard InChI is InChI=1S/C9H13NOS/c1-11-9-6-4-8(5-7-9)10-12(2)3/h4-7H,1-3H3. The smallest absolute Gasteiger partial charge is 0.119 e. The molecule has 0 heterocycles. The zero-order valence-electron chi connectivity index (χ0n) is 7.57. The van der Waals surface area contributed by atoms with Crippen molar-refractivity contribution in [2.45, 2.75) is 0 Å². The molecule has 0 aliphatic rings. The lowest BCUT2D eigenvalue weighted by molar-refractivity contribution is 0.415. The van der Waals surface area contributed by atoms with Gasteiger partial charge in [-0.15, -0.1) is 10.7 Å². The van der Waals surface area contributed by atoms with Crippen LogP contribution < -0.4 is 4.74 Å². The predicted octanol–water partition coefficient (Wildman–Crippen LogP) is 2.39. The predicted molar refractivity (Wildman–Crippen MR) is 54.3 cm³/mol. The summed E-state index contributed by atoms with van der Waals surface area (Å²) in [5, 5.41) is 0. The molecule has 0 atom stereocenters. The van der Waals surface area contributed by atoms with E-state index in [2.05, 4.69) is 16.9 Å². The fourth-order valence-corrected chi connectivity index (χ4v) is 1.40. The number of nitrogens with zero attached hydrogens (tertiary/aromatic N) is 1. The first-order valence-electron chi connectivity index (χ1n) is 3.66. The van der Waals surface area contributed by atoms with Gasteiger partial charge in [-0.1, -0.05) is 0 Å². The third kappa shape index (κ3) is 2.66. The molecule has 0 aliphatic heterocycles. The maximum absolute atomic E-state index is 5.03. The third-order valence-electron chi connectivity index (χ3n) is 1.36. The number of hydrogen-bond acceptors (Lipinski definition) is 2. The number of rotatable bonds is 2. The van der Waals surface area contributed by atoms with Crippen molar-refractivity contribution in [1.29, 1.82) is 0 Å². The van der Waals surface area contributed by atoms with Crippen molar-refractivity contribution in [3.05, 3.63) is 24.3 Å². The minimum absolute atomic E-state index is 0.109. The van der Waals surface area contributed by atoms with Crippen molar-refractivity contribution in [1.82, 2.24) is 0 Å². The van der Waals surface area contributed by atoms with E-state index in [1.54, 1.807) is 7.11 Å². The van der Waals surface area contributed by atoms with E-state index in [9.17, 15) is 0 Å². The molecule has 3 heteroatoms. The average molecular weight is 183 g/mol. The topological polar surface area (TPSA) is 21.6 Å². The second kappa shape index (κ2) is 4.26. The SMILES string of the molecule is COc1ccc(N=S(C)C)cc1. The molecule has 0 fully saturated rings. The highest BCUT2D eigenvalue weighted by atomic mass is 32.2. The summed E-state index contributed by atoms with van der Waals surface area (Å²) in [6, 6.07) is 7.77. The van der Waals surface area contributed by atoms with Crippen LogP contribution >= 0.6 is 0 Å². The van der Waals surface area contributed by atoms with Crippen molar-refractivity contribution in [2.24, 2.45) is 4.36 Å². The van der Waals surface area contributed by atoms with E-state index < -0.39 is 0 Å². The van der Waals surface area contributed by atoms with Gasteiger partial charge >= 0.3 is 0 Å². The maximum atomic E-state index is 5.03. The Morgan fingerprint density at radius 3 is 2.17 bits per heavy atom. The highest BCUT2D eigenvalue weighted by Gasteiger charge is 1.90. The van der Waals surface area contributed by atoms with Gasteiger partial charge in [0.15, 0.2) is 0 Å². The van der Waals surface area contributed by atoms with Gasteiger partial charge in [0.05, 0.1) is 12.8 Å². The van der Waals surface area contributed by atoms with Crippen molar-refractivity contribution in [3.63, 3.8) is 0 Å². The number of ether oxygens (including phenoxy) is 1. The summed E-state index contributed by atoms with van der Waals surface area (Å²) in [7, 11) is 1.77. The van der Waals surface area contributed by atoms with Gasteiger partial charge in [0, 0.05) is 0 Å². The molecular weight excluding hydrogens is 170 g/mol. The Hall–Kier alpha value is -0.830. The first-order valence-corrected chi connectivity index (χ1v) is 5.65. The maximum Gasteiger partial charge on any atom is 0.119 e. The molecule has 0 unspecified atom stereocenters. The minimum Gasteiger partial charge on any atom is -0.497 e. The summed E-state index contributed by atoms with van der Waals surface area (Å²) >= 11 is 0. The second-order valence-electron chi connectivity index (χ2n) is 2.56. The van der Waals surface area contributed by atoms with Gasteiger partial charge in [0.2, 0.25) is 0 Å². The van der Waals surface area contributed by atoms with Crippen LogP contribution in [-0.4, -0.2) is 19.6 Å². The Morgan fingerprint density at radius 1 is 1.17 bits per heavy atom. The van der Waals surface area contributed by atoms with Crippen LogP contribution in [-0.2, 0) is 10.7 Å². The van der Waals surface area contributed by atoms with E-state index >= 15 is 0 Å². The van der Waals surface area contributed by atoms with Crippen molar-refractivity contribution in [2.75, 3.05) is 19.6 Å². The summed E-state index contributed by atoms with van der Waals surface area (Å²) < 4.78 is 9.44. The molecule has 0 saturated heterocycles. The zero-order valence-corrected chi connectivity index (χ0v) is 8.39. The molecule has 0 spiro atoms. The van der Waals surface area contributed by atoms with Crippen LogP contribution in [0.3, 0.4) is 0 Å². The molecule has 0 amide bonds. The second-order valence-corrected chi connectivity index (χ2v) is 4.29. The minimum atomic E-state index is 0.109. The summed E-state index contributed by atoms with van der Waals surface area (Å²) in [5.41, 5.74) is 1.02. The normalized spacial score (nSPS) is 10.0. The quantitative estimate of drug-likeness (QED) is 0.690. The van der Waals surface area contributed by atoms with E-state index in [0.29, 0.717) is 0 Å². The van der Waals surface area contributed by atoms with Gasteiger partial charge in [-0.25, -0.2) is 4.36 Å². The number of hydrogen-bond donors (Lipinski definition) is 0. The number of benzene rings is 1. The lowest BCUT2D eigenvalue weighted by atomic mass is 10.3. The van der Waals surface area contributed by atoms with E-state index in [4.69, 9.17) is 4.74 Å². The van der Waals surface area contributed by atoms with Crippen LogP contribution in [0.2, 0.25) is 0 Å². The molecule has 0 aromatic heterocycles. The molecule has 0 radical (unpaired) electrons. The van der Waals surface area contributed by atoms with E-state index in [-0.39, 0.29) is 10.7 Å².